The van der Waals surface area contributed by atoms with Crippen molar-refractivity contribution in [2.45, 2.75) is 31.0 Å². The highest BCUT2D eigenvalue weighted by Gasteiger charge is 2.37. The topological polar surface area (TPSA) is 52.9 Å². The van der Waals surface area contributed by atoms with E-state index in [1.54, 1.807) is 0 Å². The molecule has 0 amide bonds. The van der Waals surface area contributed by atoms with Crippen LogP contribution in [0.1, 0.15) is 12.8 Å². The number of rotatable bonds is 2. The van der Waals surface area contributed by atoms with Gasteiger partial charge in [0, 0.05) is 6.04 Å². The molecule has 2 unspecified atom stereocenters. The van der Waals surface area contributed by atoms with Crippen molar-refractivity contribution in [2.75, 3.05) is 26.4 Å². The van der Waals surface area contributed by atoms with E-state index < -0.39 is 0 Å². The molecule has 0 aliphatic carbocycles. The molecule has 2 heterocycles. The van der Waals surface area contributed by atoms with E-state index in [-0.39, 0.29) is 24.8 Å². The number of likely N-dealkylation sites (tertiary alicyclic amines) is 1. The molecule has 0 spiro atoms. The molecule has 4 heteroatoms. The van der Waals surface area contributed by atoms with Gasteiger partial charge in [0.15, 0.2) is 0 Å². The highest BCUT2D eigenvalue weighted by molar-refractivity contribution is 4.90. The van der Waals surface area contributed by atoms with Crippen LogP contribution in [0.15, 0.2) is 0 Å². The summed E-state index contributed by atoms with van der Waals surface area (Å²) in [7, 11) is 0. The van der Waals surface area contributed by atoms with Crippen molar-refractivity contribution >= 4 is 0 Å². The van der Waals surface area contributed by atoms with Crippen molar-refractivity contribution in [1.29, 1.82) is 0 Å². The highest BCUT2D eigenvalue weighted by Crippen LogP contribution is 2.24. The molecule has 3 atom stereocenters. The fraction of sp³-hybridized carbons (Fsp3) is 1.00. The molecule has 2 rings (SSSR count). The van der Waals surface area contributed by atoms with Gasteiger partial charge in [-0.15, -0.1) is 0 Å². The smallest absolute Gasteiger partial charge is 0.0950 e. The number of nitrogens with zero attached hydrogens (tertiary/aromatic N) is 1. The second-order valence-corrected chi connectivity index (χ2v) is 3.89. The molecule has 2 fully saturated rings. The summed E-state index contributed by atoms with van der Waals surface area (Å²) in [4.78, 5) is 2.19. The summed E-state index contributed by atoms with van der Waals surface area (Å²) in [6.07, 6.45) is 1.79. The Morgan fingerprint density at radius 1 is 1.38 bits per heavy atom. The lowest BCUT2D eigenvalue weighted by molar-refractivity contribution is 0.0557. The van der Waals surface area contributed by atoms with Gasteiger partial charge in [-0.2, -0.15) is 0 Å². The Labute approximate surface area is 78.1 Å². The van der Waals surface area contributed by atoms with E-state index in [2.05, 4.69) is 4.90 Å². The number of ether oxygens (including phenoxy) is 1. The Morgan fingerprint density at radius 2 is 2.23 bits per heavy atom. The standard InChI is InChI=1S/C9H17NO3/c11-4-7-2-1-3-10(7)8-5-13-6-9(8)12/h7-9,11-12H,1-6H2/t7-,8?,9?/m0/s1. The van der Waals surface area contributed by atoms with E-state index in [0.29, 0.717) is 13.2 Å². The summed E-state index contributed by atoms with van der Waals surface area (Å²) in [6.45, 7) is 2.23. The number of hydrogen-bond acceptors (Lipinski definition) is 4. The molecule has 2 saturated heterocycles. The van der Waals surface area contributed by atoms with Crippen LogP contribution in [0, 0.1) is 0 Å². The van der Waals surface area contributed by atoms with Gasteiger partial charge in [-0.3, -0.25) is 4.90 Å². The third-order valence-electron chi connectivity index (χ3n) is 3.08. The zero-order valence-electron chi connectivity index (χ0n) is 7.72. The molecule has 0 aromatic rings. The Hall–Kier alpha value is -0.160. The maximum atomic E-state index is 9.61. The quantitative estimate of drug-likeness (QED) is 0.594. The molecule has 13 heavy (non-hydrogen) atoms. The van der Waals surface area contributed by atoms with Crippen molar-refractivity contribution < 1.29 is 14.9 Å². The van der Waals surface area contributed by atoms with Crippen LogP contribution in [0.25, 0.3) is 0 Å². The van der Waals surface area contributed by atoms with Gasteiger partial charge in [-0.25, -0.2) is 0 Å². The summed E-state index contributed by atoms with van der Waals surface area (Å²) in [6, 6.07) is 0.348. The van der Waals surface area contributed by atoms with Crippen LogP contribution >= 0.6 is 0 Å². The van der Waals surface area contributed by atoms with Gasteiger partial charge in [0.2, 0.25) is 0 Å². The molecule has 76 valence electrons. The zero-order chi connectivity index (χ0) is 9.26. The van der Waals surface area contributed by atoms with Crippen LogP contribution in [0.5, 0.6) is 0 Å². The number of aliphatic hydroxyl groups is 2. The molecule has 4 nitrogen and oxygen atoms in total. The van der Waals surface area contributed by atoms with E-state index in [4.69, 9.17) is 9.84 Å². The first-order valence-corrected chi connectivity index (χ1v) is 4.95. The van der Waals surface area contributed by atoms with E-state index in [0.717, 1.165) is 19.4 Å². The van der Waals surface area contributed by atoms with Gasteiger partial charge in [0.1, 0.15) is 0 Å². The Morgan fingerprint density at radius 3 is 2.85 bits per heavy atom. The summed E-state index contributed by atoms with van der Waals surface area (Å²) in [5.74, 6) is 0. The van der Waals surface area contributed by atoms with Crippen molar-refractivity contribution in [1.82, 2.24) is 4.90 Å². The number of hydrogen-bond donors (Lipinski definition) is 2. The summed E-state index contributed by atoms with van der Waals surface area (Å²) >= 11 is 0. The van der Waals surface area contributed by atoms with Gasteiger partial charge in [0.05, 0.1) is 32.0 Å². The van der Waals surface area contributed by atoms with Gasteiger partial charge in [-0.1, -0.05) is 0 Å². The molecule has 0 aromatic carbocycles. The van der Waals surface area contributed by atoms with E-state index in [1.807, 2.05) is 0 Å². The normalized spacial score (nSPS) is 41.5. The minimum absolute atomic E-state index is 0.111. The lowest BCUT2D eigenvalue weighted by atomic mass is 10.1. The third-order valence-corrected chi connectivity index (χ3v) is 3.08. The lowest BCUT2D eigenvalue weighted by Gasteiger charge is -2.30. The van der Waals surface area contributed by atoms with Gasteiger partial charge >= 0.3 is 0 Å². The third kappa shape index (κ3) is 1.72. The Kier molecular flexibility index (Phi) is 2.83. The maximum absolute atomic E-state index is 9.61. The minimum atomic E-state index is -0.368. The minimum Gasteiger partial charge on any atom is -0.395 e. The molecule has 2 N–H and O–H groups in total. The fourth-order valence-electron chi connectivity index (χ4n) is 2.34. The fourth-order valence-corrected chi connectivity index (χ4v) is 2.34. The summed E-state index contributed by atoms with van der Waals surface area (Å²) < 4.78 is 5.20. The van der Waals surface area contributed by atoms with Crippen LogP contribution in [-0.2, 0) is 4.74 Å². The van der Waals surface area contributed by atoms with Crippen LogP contribution in [0.2, 0.25) is 0 Å². The van der Waals surface area contributed by atoms with Crippen LogP contribution < -0.4 is 0 Å². The molecule has 0 aromatic heterocycles. The molecular weight excluding hydrogens is 170 g/mol. The van der Waals surface area contributed by atoms with E-state index in [9.17, 15) is 5.11 Å². The predicted molar refractivity (Wildman–Crippen MR) is 47.4 cm³/mol. The average molecular weight is 187 g/mol. The monoisotopic (exact) mass is 187 g/mol. The highest BCUT2D eigenvalue weighted by atomic mass is 16.5. The summed E-state index contributed by atoms with van der Waals surface area (Å²) in [5, 5.41) is 18.7. The predicted octanol–water partition coefficient (Wildman–Crippen LogP) is -0.797. The maximum Gasteiger partial charge on any atom is 0.0950 e. The zero-order valence-corrected chi connectivity index (χ0v) is 7.72. The number of aliphatic hydroxyl groups excluding tert-OH is 2. The van der Waals surface area contributed by atoms with Crippen LogP contribution in [0.4, 0.5) is 0 Å². The van der Waals surface area contributed by atoms with Crippen molar-refractivity contribution in [3.05, 3.63) is 0 Å². The molecule has 2 aliphatic rings. The van der Waals surface area contributed by atoms with E-state index >= 15 is 0 Å². The SMILES string of the molecule is OC[C@@H]1CCCN1C1COCC1O. The van der Waals surface area contributed by atoms with Crippen molar-refractivity contribution in [3.8, 4) is 0 Å². The van der Waals surface area contributed by atoms with Crippen LogP contribution in [0.3, 0.4) is 0 Å². The first kappa shape index (κ1) is 9.40. The molecule has 0 radical (unpaired) electrons. The van der Waals surface area contributed by atoms with Crippen LogP contribution in [-0.4, -0.2) is 59.7 Å². The van der Waals surface area contributed by atoms with Gasteiger partial charge < -0.3 is 14.9 Å². The average Bonchev–Trinajstić information content (AvgIpc) is 2.71. The molecule has 2 aliphatic heterocycles. The Balaban J connectivity index is 1.98. The first-order chi connectivity index (χ1) is 6.33. The second-order valence-electron chi connectivity index (χ2n) is 3.89. The Bertz CT molecular complexity index is 176. The molecular formula is C9H17NO3. The van der Waals surface area contributed by atoms with Gasteiger partial charge in [-0.05, 0) is 19.4 Å². The largest absolute Gasteiger partial charge is 0.395 e. The second kappa shape index (κ2) is 3.92. The van der Waals surface area contributed by atoms with E-state index in [1.165, 1.54) is 0 Å². The van der Waals surface area contributed by atoms with Crippen molar-refractivity contribution in [2.24, 2.45) is 0 Å². The molecule has 0 bridgehead atoms. The summed E-state index contributed by atoms with van der Waals surface area (Å²) in [5.41, 5.74) is 0. The lowest BCUT2D eigenvalue weighted by Crippen LogP contribution is -2.46. The van der Waals surface area contributed by atoms with Crippen molar-refractivity contribution in [3.63, 3.8) is 0 Å². The van der Waals surface area contributed by atoms with Gasteiger partial charge in [0.25, 0.3) is 0 Å². The first-order valence-electron chi connectivity index (χ1n) is 4.95. The molecule has 0 saturated carbocycles.